The zero-order valence-electron chi connectivity index (χ0n) is 13.9. The number of Topliss-reactive ketones (excluding diaryl/α,β-unsaturated/α-hetero) is 1. The number of carbonyl (C=O) groups excluding carboxylic acids is 2. The number of fused-ring (bicyclic) bond motifs is 2. The molecule has 0 aromatic carbocycles. The number of aliphatic hydroxyl groups excluding tert-OH is 1. The minimum Gasteiger partial charge on any atom is -0.453 e. The van der Waals surface area contributed by atoms with Crippen LogP contribution in [0.1, 0.15) is 33.6 Å². The number of nitrogens with zero attached hydrogens (tertiary/aromatic N) is 1. The van der Waals surface area contributed by atoms with Crippen molar-refractivity contribution in [3.05, 3.63) is 0 Å². The average molecular weight is 329 g/mol. The average Bonchev–Trinajstić information content (AvgIpc) is 2.70. The number of aliphatic hydroxyl groups is 1. The quantitative estimate of drug-likeness (QED) is 0.780. The number of hydrogen-bond acceptors (Lipinski definition) is 5. The third-order valence-electron chi connectivity index (χ3n) is 5.40. The fraction of sp³-hybridized carbons (Fsp3) is 0.867. The Bertz CT molecular complexity index is 431. The second-order valence-corrected chi connectivity index (χ2v) is 11.0. The van der Waals surface area contributed by atoms with Crippen molar-refractivity contribution in [2.45, 2.75) is 76.0 Å². The number of rotatable bonds is 5. The lowest BCUT2D eigenvalue weighted by Crippen LogP contribution is -2.50. The van der Waals surface area contributed by atoms with Gasteiger partial charge in [-0.25, -0.2) is 4.79 Å². The lowest BCUT2D eigenvalue weighted by molar-refractivity contribution is -0.123. The van der Waals surface area contributed by atoms with Gasteiger partial charge in [-0.05, 0) is 18.1 Å². The van der Waals surface area contributed by atoms with Gasteiger partial charge in [-0.15, -0.1) is 0 Å². The van der Waals surface area contributed by atoms with Crippen molar-refractivity contribution >= 4 is 20.2 Å². The lowest BCUT2D eigenvalue weighted by atomic mass is 10.0. The Morgan fingerprint density at radius 2 is 1.77 bits per heavy atom. The summed E-state index contributed by atoms with van der Waals surface area (Å²) in [4.78, 5) is 25.5. The molecule has 1 amide bonds. The van der Waals surface area contributed by atoms with Crippen molar-refractivity contribution < 1.29 is 23.9 Å². The first-order chi connectivity index (χ1) is 10.4. The first kappa shape index (κ1) is 17.4. The molecule has 2 bridgehead atoms. The van der Waals surface area contributed by atoms with E-state index in [1.165, 1.54) is 12.0 Å². The van der Waals surface area contributed by atoms with Gasteiger partial charge in [0.1, 0.15) is 11.9 Å². The highest BCUT2D eigenvalue weighted by Crippen LogP contribution is 2.39. The maximum atomic E-state index is 12.0. The predicted molar refractivity (Wildman–Crippen MR) is 84.1 cm³/mol. The van der Waals surface area contributed by atoms with E-state index in [9.17, 15) is 14.7 Å². The number of carbonyl (C=O) groups is 2. The van der Waals surface area contributed by atoms with E-state index in [1.54, 1.807) is 0 Å². The first-order valence-corrected chi connectivity index (χ1v) is 10.7. The summed E-state index contributed by atoms with van der Waals surface area (Å²) < 4.78 is 11.3. The Kier molecular flexibility index (Phi) is 5.29. The summed E-state index contributed by atoms with van der Waals surface area (Å²) >= 11 is 0. The fourth-order valence-electron chi connectivity index (χ4n) is 3.81. The van der Waals surface area contributed by atoms with Crippen LogP contribution in [0.4, 0.5) is 4.79 Å². The van der Waals surface area contributed by atoms with Crippen molar-refractivity contribution in [1.29, 1.82) is 0 Å². The van der Waals surface area contributed by atoms with Gasteiger partial charge in [-0.1, -0.05) is 20.8 Å². The van der Waals surface area contributed by atoms with Crippen LogP contribution in [0.25, 0.3) is 0 Å². The highest BCUT2D eigenvalue weighted by molar-refractivity contribution is 6.73. The number of amides is 1. The van der Waals surface area contributed by atoms with Crippen LogP contribution >= 0.6 is 0 Å². The molecular formula is C15H27NO5Si. The zero-order valence-corrected chi connectivity index (χ0v) is 14.9. The van der Waals surface area contributed by atoms with E-state index in [0.717, 1.165) is 18.1 Å². The number of hydrogen-bond donors (Lipinski definition) is 1. The zero-order chi connectivity index (χ0) is 16.5. The second-order valence-electron chi connectivity index (χ2n) is 6.28. The van der Waals surface area contributed by atoms with Gasteiger partial charge in [0.2, 0.25) is 0 Å². The Morgan fingerprint density at radius 3 is 2.27 bits per heavy atom. The largest absolute Gasteiger partial charge is 0.453 e. The molecule has 2 heterocycles. The molecule has 0 unspecified atom stereocenters. The number of ketones is 1. The minimum atomic E-state index is -1.93. The molecule has 0 aromatic rings. The predicted octanol–water partition coefficient (Wildman–Crippen LogP) is 1.92. The SMILES string of the molecule is CC[Si](CC)(CC)O[C@H]1[C@@H](O)[C@@H]2CC(=O)C[C@H]1N2C(=O)OC. The molecule has 7 heteroatoms. The maximum Gasteiger partial charge on any atom is 0.410 e. The molecule has 4 atom stereocenters. The van der Waals surface area contributed by atoms with Crippen LogP contribution in [0, 0.1) is 0 Å². The molecule has 126 valence electrons. The van der Waals surface area contributed by atoms with Gasteiger partial charge < -0.3 is 14.3 Å². The van der Waals surface area contributed by atoms with Crippen LogP contribution in [0.15, 0.2) is 0 Å². The molecular weight excluding hydrogens is 302 g/mol. The van der Waals surface area contributed by atoms with Crippen LogP contribution in [0.5, 0.6) is 0 Å². The molecule has 2 aliphatic rings. The van der Waals surface area contributed by atoms with Crippen LogP contribution in [-0.4, -0.2) is 61.6 Å². The summed E-state index contributed by atoms with van der Waals surface area (Å²) in [5.74, 6) is 0.0806. The molecule has 6 nitrogen and oxygen atoms in total. The molecule has 2 saturated heterocycles. The van der Waals surface area contributed by atoms with Crippen molar-refractivity contribution in [3.8, 4) is 0 Å². The Balaban J connectivity index is 2.28. The molecule has 22 heavy (non-hydrogen) atoms. The summed E-state index contributed by atoms with van der Waals surface area (Å²) in [5, 5.41) is 10.6. The van der Waals surface area contributed by atoms with Crippen molar-refractivity contribution in [1.82, 2.24) is 4.90 Å². The van der Waals surface area contributed by atoms with Crippen molar-refractivity contribution in [2.24, 2.45) is 0 Å². The summed E-state index contributed by atoms with van der Waals surface area (Å²) in [5.41, 5.74) is 0. The number of ether oxygens (including phenoxy) is 1. The van der Waals surface area contributed by atoms with E-state index < -0.39 is 38.7 Å². The van der Waals surface area contributed by atoms with Gasteiger partial charge in [-0.2, -0.15) is 0 Å². The van der Waals surface area contributed by atoms with Crippen LogP contribution in [-0.2, 0) is 14.0 Å². The molecule has 1 N–H and O–H groups in total. The Hall–Kier alpha value is -0.923. The molecule has 2 aliphatic heterocycles. The molecule has 0 aromatic heterocycles. The van der Waals surface area contributed by atoms with Gasteiger partial charge in [0, 0.05) is 12.8 Å². The van der Waals surface area contributed by atoms with Crippen molar-refractivity contribution in [2.75, 3.05) is 7.11 Å². The highest BCUT2D eigenvalue weighted by atomic mass is 28.4. The third kappa shape index (κ3) is 2.81. The molecule has 2 rings (SSSR count). The maximum absolute atomic E-state index is 12.0. The van der Waals surface area contributed by atoms with Crippen LogP contribution < -0.4 is 0 Å². The molecule has 0 radical (unpaired) electrons. The van der Waals surface area contributed by atoms with Gasteiger partial charge in [-0.3, -0.25) is 9.69 Å². The Morgan fingerprint density at radius 1 is 1.23 bits per heavy atom. The monoisotopic (exact) mass is 329 g/mol. The first-order valence-electron chi connectivity index (χ1n) is 8.16. The lowest BCUT2D eigenvalue weighted by Gasteiger charge is -2.36. The summed E-state index contributed by atoms with van der Waals surface area (Å²) in [6.07, 6.45) is -1.33. The summed E-state index contributed by atoms with van der Waals surface area (Å²) in [7, 11) is -0.608. The van der Waals surface area contributed by atoms with Gasteiger partial charge in [0.25, 0.3) is 0 Å². The van der Waals surface area contributed by atoms with E-state index in [4.69, 9.17) is 9.16 Å². The molecule has 0 aliphatic carbocycles. The van der Waals surface area contributed by atoms with E-state index in [-0.39, 0.29) is 18.6 Å². The standard InChI is InChI=1S/C15H27NO5Si/c1-5-22(6-2,7-3)21-14-12-9-10(17)8-11(13(14)18)16(12)15(19)20-4/h11-14,18H,5-9H2,1-4H3/t11-,12+,13-,14+/m0/s1. The van der Waals surface area contributed by atoms with Gasteiger partial charge in [0.15, 0.2) is 8.32 Å². The minimum absolute atomic E-state index is 0.0806. The molecule has 0 spiro atoms. The summed E-state index contributed by atoms with van der Waals surface area (Å²) in [6, 6.07) is 1.98. The smallest absolute Gasteiger partial charge is 0.410 e. The highest BCUT2D eigenvalue weighted by Gasteiger charge is 2.57. The van der Waals surface area contributed by atoms with Crippen LogP contribution in [0.2, 0.25) is 18.1 Å². The fourth-order valence-corrected chi connectivity index (χ4v) is 6.69. The second kappa shape index (κ2) is 6.68. The van der Waals surface area contributed by atoms with E-state index in [0.29, 0.717) is 0 Å². The van der Waals surface area contributed by atoms with Gasteiger partial charge >= 0.3 is 6.09 Å². The van der Waals surface area contributed by atoms with Crippen LogP contribution in [0.3, 0.4) is 0 Å². The van der Waals surface area contributed by atoms with E-state index >= 15 is 0 Å². The molecule has 2 fully saturated rings. The van der Waals surface area contributed by atoms with E-state index in [2.05, 4.69) is 20.8 Å². The number of piperidine rings is 1. The van der Waals surface area contributed by atoms with Crippen molar-refractivity contribution in [3.63, 3.8) is 0 Å². The topological polar surface area (TPSA) is 76.1 Å². The van der Waals surface area contributed by atoms with Gasteiger partial charge in [0.05, 0.1) is 25.3 Å². The number of methoxy groups -OCH3 is 1. The summed E-state index contributed by atoms with van der Waals surface area (Å²) in [6.45, 7) is 6.36. The molecule has 0 saturated carbocycles. The Labute approximate surface area is 132 Å². The normalized spacial score (nSPS) is 31.5. The van der Waals surface area contributed by atoms with E-state index in [1.807, 2.05) is 0 Å². The third-order valence-corrected chi connectivity index (χ3v) is 10.0.